The Morgan fingerprint density at radius 3 is 2.60 bits per heavy atom. The number of thiophene rings is 1. The molecule has 0 bridgehead atoms. The van der Waals surface area contributed by atoms with Crippen LogP contribution in [0.4, 0.5) is 0 Å². The molecule has 25 heavy (non-hydrogen) atoms. The zero-order chi connectivity index (χ0) is 17.4. The maximum Gasteiger partial charge on any atom is 0.263 e. The van der Waals surface area contributed by atoms with Gasteiger partial charge in [-0.2, -0.15) is 0 Å². The average Bonchev–Trinajstić information content (AvgIpc) is 3.30. The first-order chi connectivity index (χ1) is 12.1. The van der Waals surface area contributed by atoms with Crippen LogP contribution in [0.3, 0.4) is 0 Å². The van der Waals surface area contributed by atoms with Crippen molar-refractivity contribution in [2.75, 3.05) is 13.1 Å². The predicted octanol–water partition coefficient (Wildman–Crippen LogP) is 2.90. The molecule has 1 saturated carbocycles. The second-order valence-corrected chi connectivity index (χ2v) is 8.21. The van der Waals surface area contributed by atoms with Crippen molar-refractivity contribution in [2.24, 2.45) is 12.5 Å². The number of nitrogens with zero attached hydrogens (tertiary/aromatic N) is 2. The maximum absolute atomic E-state index is 12.5. The van der Waals surface area contributed by atoms with Gasteiger partial charge >= 0.3 is 0 Å². The normalized spacial score (nSPS) is 21.8. The van der Waals surface area contributed by atoms with E-state index in [2.05, 4.69) is 5.32 Å². The van der Waals surface area contributed by atoms with Crippen LogP contribution in [0, 0.1) is 5.41 Å². The molecule has 0 aromatic carbocycles. The summed E-state index contributed by atoms with van der Waals surface area (Å²) in [5.74, 6) is 0.163. The van der Waals surface area contributed by atoms with Crippen molar-refractivity contribution in [1.29, 1.82) is 0 Å². The van der Waals surface area contributed by atoms with Gasteiger partial charge in [-0.05, 0) is 48.6 Å². The Hall–Kier alpha value is -2.08. The van der Waals surface area contributed by atoms with Gasteiger partial charge in [0.15, 0.2) is 0 Å². The number of likely N-dealkylation sites (tertiary alicyclic amines) is 1. The van der Waals surface area contributed by atoms with Gasteiger partial charge in [0.05, 0.1) is 10.4 Å². The van der Waals surface area contributed by atoms with Crippen molar-refractivity contribution in [3.63, 3.8) is 0 Å². The molecule has 132 valence electrons. The van der Waals surface area contributed by atoms with Crippen LogP contribution in [-0.4, -0.2) is 40.4 Å². The van der Waals surface area contributed by atoms with E-state index in [0.29, 0.717) is 0 Å². The van der Waals surface area contributed by atoms with Crippen molar-refractivity contribution in [2.45, 2.75) is 31.7 Å². The number of rotatable bonds is 3. The van der Waals surface area contributed by atoms with Crippen LogP contribution >= 0.6 is 11.3 Å². The molecule has 4 rings (SSSR count). The van der Waals surface area contributed by atoms with Gasteiger partial charge in [-0.25, -0.2) is 0 Å². The molecular weight excluding hydrogens is 334 g/mol. The van der Waals surface area contributed by atoms with Gasteiger partial charge in [0.1, 0.15) is 0 Å². The van der Waals surface area contributed by atoms with E-state index in [1.807, 2.05) is 52.5 Å². The highest BCUT2D eigenvalue weighted by molar-refractivity contribution is 7.12. The SMILES string of the molecule is Cn1ccc(C(=O)NC2CCC23CCN(C(=O)c2cccs2)CC3)c1. The van der Waals surface area contributed by atoms with Crippen LogP contribution < -0.4 is 5.32 Å². The van der Waals surface area contributed by atoms with E-state index in [-0.39, 0.29) is 23.3 Å². The first kappa shape index (κ1) is 16.4. The van der Waals surface area contributed by atoms with Crippen molar-refractivity contribution in [3.05, 3.63) is 46.4 Å². The molecule has 1 N–H and O–H groups in total. The second-order valence-electron chi connectivity index (χ2n) is 7.26. The summed E-state index contributed by atoms with van der Waals surface area (Å²) in [6, 6.07) is 5.90. The highest BCUT2D eigenvalue weighted by Crippen LogP contribution is 2.49. The van der Waals surface area contributed by atoms with Crippen molar-refractivity contribution in [1.82, 2.24) is 14.8 Å². The highest BCUT2D eigenvalue weighted by atomic mass is 32.1. The second kappa shape index (κ2) is 6.33. The number of piperidine rings is 1. The molecule has 1 spiro atoms. The van der Waals surface area contributed by atoms with Crippen LogP contribution in [0.25, 0.3) is 0 Å². The molecule has 3 heterocycles. The first-order valence-electron chi connectivity index (χ1n) is 8.83. The molecule has 2 aromatic rings. The Balaban J connectivity index is 1.36. The van der Waals surface area contributed by atoms with Gasteiger partial charge in [-0.3, -0.25) is 9.59 Å². The van der Waals surface area contributed by atoms with Crippen LogP contribution in [0.2, 0.25) is 0 Å². The molecule has 6 heteroatoms. The summed E-state index contributed by atoms with van der Waals surface area (Å²) in [5.41, 5.74) is 0.895. The summed E-state index contributed by atoms with van der Waals surface area (Å²) >= 11 is 1.50. The highest BCUT2D eigenvalue weighted by Gasteiger charge is 2.49. The molecule has 1 unspecified atom stereocenters. The van der Waals surface area contributed by atoms with E-state index in [1.54, 1.807) is 0 Å². The molecule has 1 atom stereocenters. The van der Waals surface area contributed by atoms with E-state index in [1.165, 1.54) is 11.3 Å². The van der Waals surface area contributed by atoms with Gasteiger partial charge in [-0.1, -0.05) is 6.07 Å². The minimum absolute atomic E-state index is 0.0155. The van der Waals surface area contributed by atoms with Crippen molar-refractivity contribution in [3.8, 4) is 0 Å². The number of aryl methyl sites for hydroxylation is 1. The van der Waals surface area contributed by atoms with E-state index >= 15 is 0 Å². The molecule has 2 aliphatic rings. The smallest absolute Gasteiger partial charge is 0.263 e. The molecule has 2 aromatic heterocycles. The lowest BCUT2D eigenvalue weighted by molar-refractivity contribution is -0.00217. The summed E-state index contributed by atoms with van der Waals surface area (Å²) in [4.78, 5) is 27.7. The van der Waals surface area contributed by atoms with Gasteiger partial charge in [-0.15, -0.1) is 11.3 Å². The minimum atomic E-state index is 0.0155. The Morgan fingerprint density at radius 2 is 2.04 bits per heavy atom. The fourth-order valence-electron chi connectivity index (χ4n) is 4.11. The summed E-state index contributed by atoms with van der Waals surface area (Å²) in [6.45, 7) is 1.57. The summed E-state index contributed by atoms with van der Waals surface area (Å²) in [6.07, 6.45) is 7.88. The van der Waals surface area contributed by atoms with Crippen LogP contribution in [-0.2, 0) is 7.05 Å². The number of hydrogen-bond donors (Lipinski definition) is 1. The average molecular weight is 357 g/mol. The third-order valence-electron chi connectivity index (χ3n) is 5.85. The van der Waals surface area contributed by atoms with Crippen LogP contribution in [0.15, 0.2) is 36.0 Å². The molecular formula is C19H23N3O2S. The zero-order valence-electron chi connectivity index (χ0n) is 14.4. The third-order valence-corrected chi connectivity index (χ3v) is 6.71. The number of amides is 2. The Bertz CT molecular complexity index is 772. The summed E-state index contributed by atoms with van der Waals surface area (Å²) < 4.78 is 1.89. The summed E-state index contributed by atoms with van der Waals surface area (Å²) in [5, 5.41) is 5.17. The first-order valence-corrected chi connectivity index (χ1v) is 9.71. The lowest BCUT2D eigenvalue weighted by Gasteiger charge is -2.54. The van der Waals surface area contributed by atoms with Crippen molar-refractivity contribution < 1.29 is 9.59 Å². The van der Waals surface area contributed by atoms with Crippen LogP contribution in [0.5, 0.6) is 0 Å². The summed E-state index contributed by atoms with van der Waals surface area (Å²) in [7, 11) is 1.92. The van der Waals surface area contributed by atoms with E-state index < -0.39 is 0 Å². The number of carbonyl (C=O) groups excluding carboxylic acids is 2. The number of carbonyl (C=O) groups is 2. The van der Waals surface area contributed by atoms with E-state index in [4.69, 9.17) is 0 Å². The maximum atomic E-state index is 12.5. The molecule has 1 aliphatic carbocycles. The quantitative estimate of drug-likeness (QED) is 0.918. The van der Waals surface area contributed by atoms with Gasteiger partial charge in [0.2, 0.25) is 0 Å². The number of hydrogen-bond acceptors (Lipinski definition) is 3. The fourth-order valence-corrected chi connectivity index (χ4v) is 4.80. The Morgan fingerprint density at radius 1 is 1.24 bits per heavy atom. The lowest BCUT2D eigenvalue weighted by atomic mass is 9.59. The number of nitrogens with one attached hydrogen (secondary N) is 1. The third kappa shape index (κ3) is 2.99. The largest absolute Gasteiger partial charge is 0.356 e. The molecule has 1 aliphatic heterocycles. The van der Waals surface area contributed by atoms with E-state index in [0.717, 1.165) is 49.2 Å². The zero-order valence-corrected chi connectivity index (χ0v) is 15.2. The van der Waals surface area contributed by atoms with E-state index in [9.17, 15) is 9.59 Å². The van der Waals surface area contributed by atoms with Crippen molar-refractivity contribution >= 4 is 23.2 Å². The van der Waals surface area contributed by atoms with Crippen LogP contribution in [0.1, 0.15) is 45.7 Å². The number of aromatic nitrogens is 1. The standard InChI is InChI=1S/C19H23N3O2S/c1-21-9-5-14(13-21)17(23)20-16-4-6-19(16)7-10-22(11-8-19)18(24)15-3-2-12-25-15/h2-3,5,9,12-13,16H,4,6-8,10-11H2,1H3,(H,20,23). The fraction of sp³-hybridized carbons (Fsp3) is 0.474. The molecule has 2 amide bonds. The van der Waals surface area contributed by atoms with Gasteiger partial charge in [0.25, 0.3) is 11.8 Å². The topological polar surface area (TPSA) is 54.3 Å². The Labute approximate surface area is 151 Å². The predicted molar refractivity (Wildman–Crippen MR) is 97.8 cm³/mol. The molecule has 2 fully saturated rings. The lowest BCUT2D eigenvalue weighted by Crippen LogP contribution is -2.59. The molecule has 0 radical (unpaired) electrons. The van der Waals surface area contributed by atoms with Gasteiger partial charge < -0.3 is 14.8 Å². The molecule has 1 saturated heterocycles. The Kier molecular flexibility index (Phi) is 4.15. The minimum Gasteiger partial charge on any atom is -0.356 e. The van der Waals surface area contributed by atoms with Gasteiger partial charge in [0, 0.05) is 38.6 Å². The molecule has 5 nitrogen and oxygen atoms in total. The monoisotopic (exact) mass is 357 g/mol.